The highest BCUT2D eigenvalue weighted by Crippen LogP contribution is 2.14. The van der Waals surface area contributed by atoms with Crippen molar-refractivity contribution in [3.05, 3.63) is 47.2 Å². The van der Waals surface area contributed by atoms with E-state index in [0.29, 0.717) is 11.5 Å². The lowest BCUT2D eigenvalue weighted by atomic mass is 10.1. The third-order valence-corrected chi connectivity index (χ3v) is 3.24. The first-order chi connectivity index (χ1) is 10.9. The molecule has 1 aromatic heterocycles. The predicted octanol–water partition coefficient (Wildman–Crippen LogP) is 2.32. The molecule has 2 rings (SSSR count). The second-order valence-corrected chi connectivity index (χ2v) is 5.86. The van der Waals surface area contributed by atoms with Gasteiger partial charge in [0, 0.05) is 18.8 Å². The van der Waals surface area contributed by atoms with Crippen LogP contribution in [0, 0.1) is 13.8 Å². The fourth-order valence-corrected chi connectivity index (χ4v) is 2.20. The van der Waals surface area contributed by atoms with Gasteiger partial charge in [-0.15, -0.1) is 10.2 Å². The zero-order chi connectivity index (χ0) is 16.8. The van der Waals surface area contributed by atoms with E-state index < -0.39 is 0 Å². The van der Waals surface area contributed by atoms with Crippen LogP contribution in [0.1, 0.15) is 21.6 Å². The van der Waals surface area contributed by atoms with Gasteiger partial charge in [-0.25, -0.2) is 0 Å². The highest BCUT2D eigenvalue weighted by molar-refractivity contribution is 6.02. The number of nitrogens with one attached hydrogen (secondary N) is 2. The quantitative estimate of drug-likeness (QED) is 0.856. The number of carbonyl (C=O) groups is 1. The van der Waals surface area contributed by atoms with Gasteiger partial charge in [-0.1, -0.05) is 6.07 Å². The standard InChI is InChI=1S/C17H23N5O/c1-12-9-13(2)11-14(10-12)19-17(23)15-5-6-16(21-20-15)18-7-8-22(3)4/h5-6,9-11H,7-8H2,1-4H3,(H,18,21)(H,19,23). The van der Waals surface area contributed by atoms with Gasteiger partial charge in [-0.3, -0.25) is 4.79 Å². The first-order valence-electron chi connectivity index (χ1n) is 7.56. The molecule has 0 saturated heterocycles. The SMILES string of the molecule is Cc1cc(C)cc(NC(=O)c2ccc(NCCN(C)C)nn2)c1. The molecule has 122 valence electrons. The number of likely N-dealkylation sites (N-methyl/N-ethyl adjacent to an activating group) is 1. The molecule has 0 atom stereocenters. The molecule has 0 aliphatic rings. The number of carbonyl (C=O) groups excluding carboxylic acids is 1. The maximum Gasteiger partial charge on any atom is 0.276 e. The van der Waals surface area contributed by atoms with Gasteiger partial charge in [0.05, 0.1) is 0 Å². The maximum absolute atomic E-state index is 12.2. The van der Waals surface area contributed by atoms with Gasteiger partial charge in [-0.2, -0.15) is 0 Å². The van der Waals surface area contributed by atoms with E-state index in [-0.39, 0.29) is 5.91 Å². The second-order valence-electron chi connectivity index (χ2n) is 5.86. The number of anilines is 2. The molecule has 6 nitrogen and oxygen atoms in total. The molecule has 2 N–H and O–H groups in total. The summed E-state index contributed by atoms with van der Waals surface area (Å²) in [4.78, 5) is 14.3. The topological polar surface area (TPSA) is 70.2 Å². The first-order valence-corrected chi connectivity index (χ1v) is 7.56. The Morgan fingerprint density at radius 2 is 1.78 bits per heavy atom. The minimum absolute atomic E-state index is 0.262. The number of amides is 1. The molecule has 0 bridgehead atoms. The molecule has 23 heavy (non-hydrogen) atoms. The molecule has 0 radical (unpaired) electrons. The van der Waals surface area contributed by atoms with E-state index in [9.17, 15) is 4.79 Å². The van der Waals surface area contributed by atoms with E-state index in [1.807, 2.05) is 40.1 Å². The molecule has 2 aromatic rings. The van der Waals surface area contributed by atoms with Crippen LogP contribution in [0.4, 0.5) is 11.5 Å². The summed E-state index contributed by atoms with van der Waals surface area (Å²) in [7, 11) is 4.02. The van der Waals surface area contributed by atoms with Crippen LogP contribution in [0.3, 0.4) is 0 Å². The van der Waals surface area contributed by atoms with Gasteiger partial charge in [0.1, 0.15) is 5.82 Å². The highest BCUT2D eigenvalue weighted by atomic mass is 16.1. The van der Waals surface area contributed by atoms with Crippen LogP contribution in [-0.2, 0) is 0 Å². The number of hydrogen-bond donors (Lipinski definition) is 2. The van der Waals surface area contributed by atoms with Crippen molar-refractivity contribution in [2.75, 3.05) is 37.8 Å². The number of benzene rings is 1. The van der Waals surface area contributed by atoms with Crippen LogP contribution in [0.2, 0.25) is 0 Å². The van der Waals surface area contributed by atoms with Crippen molar-refractivity contribution in [3.8, 4) is 0 Å². The molecular weight excluding hydrogens is 290 g/mol. The molecule has 1 aromatic carbocycles. The van der Waals surface area contributed by atoms with Crippen molar-refractivity contribution >= 4 is 17.4 Å². The Labute approximate surface area is 136 Å². The van der Waals surface area contributed by atoms with Gasteiger partial charge in [0.25, 0.3) is 5.91 Å². The fraction of sp³-hybridized carbons (Fsp3) is 0.353. The first kappa shape index (κ1) is 16.9. The molecule has 0 unspecified atom stereocenters. The van der Waals surface area contributed by atoms with Crippen molar-refractivity contribution in [2.24, 2.45) is 0 Å². The largest absolute Gasteiger partial charge is 0.367 e. The smallest absolute Gasteiger partial charge is 0.276 e. The molecule has 0 aliphatic carbocycles. The number of hydrogen-bond acceptors (Lipinski definition) is 5. The normalized spacial score (nSPS) is 10.7. The van der Waals surface area contributed by atoms with Gasteiger partial charge >= 0.3 is 0 Å². The molecular formula is C17H23N5O. The summed E-state index contributed by atoms with van der Waals surface area (Å²) in [6, 6.07) is 9.34. The van der Waals surface area contributed by atoms with Gasteiger partial charge in [0.2, 0.25) is 0 Å². The Balaban J connectivity index is 1.97. The number of aromatic nitrogens is 2. The zero-order valence-corrected chi connectivity index (χ0v) is 14.1. The van der Waals surface area contributed by atoms with Crippen molar-refractivity contribution in [1.29, 1.82) is 0 Å². The molecule has 6 heteroatoms. The van der Waals surface area contributed by atoms with E-state index in [4.69, 9.17) is 0 Å². The zero-order valence-electron chi connectivity index (χ0n) is 14.1. The number of aryl methyl sites for hydroxylation is 2. The average molecular weight is 313 g/mol. The van der Waals surface area contributed by atoms with Crippen LogP contribution in [0.15, 0.2) is 30.3 Å². The third kappa shape index (κ3) is 5.34. The summed E-state index contributed by atoms with van der Waals surface area (Å²) in [5.41, 5.74) is 3.27. The van der Waals surface area contributed by atoms with Gasteiger partial charge in [0.15, 0.2) is 5.69 Å². The predicted molar refractivity (Wildman–Crippen MR) is 92.9 cm³/mol. The molecule has 0 saturated carbocycles. The lowest BCUT2D eigenvalue weighted by Gasteiger charge is -2.10. The van der Waals surface area contributed by atoms with Crippen LogP contribution in [0.5, 0.6) is 0 Å². The van der Waals surface area contributed by atoms with E-state index in [1.54, 1.807) is 12.1 Å². The summed E-state index contributed by atoms with van der Waals surface area (Å²) in [6.07, 6.45) is 0. The Bertz CT molecular complexity index is 647. The lowest BCUT2D eigenvalue weighted by molar-refractivity contribution is 0.102. The number of rotatable bonds is 6. The molecule has 0 aliphatic heterocycles. The van der Waals surface area contributed by atoms with E-state index in [2.05, 4.69) is 31.8 Å². The second kappa shape index (κ2) is 7.69. The van der Waals surface area contributed by atoms with Gasteiger partial charge < -0.3 is 15.5 Å². The highest BCUT2D eigenvalue weighted by Gasteiger charge is 2.09. The van der Waals surface area contributed by atoms with Crippen molar-refractivity contribution in [2.45, 2.75) is 13.8 Å². The third-order valence-electron chi connectivity index (χ3n) is 3.24. The molecule has 1 amide bonds. The summed E-state index contributed by atoms with van der Waals surface area (Å²) < 4.78 is 0. The fourth-order valence-electron chi connectivity index (χ4n) is 2.20. The monoisotopic (exact) mass is 313 g/mol. The Kier molecular flexibility index (Phi) is 5.65. The van der Waals surface area contributed by atoms with Crippen molar-refractivity contribution in [3.63, 3.8) is 0 Å². The maximum atomic E-state index is 12.2. The summed E-state index contributed by atoms with van der Waals surface area (Å²) in [6.45, 7) is 5.67. The van der Waals surface area contributed by atoms with Crippen LogP contribution in [0.25, 0.3) is 0 Å². The van der Waals surface area contributed by atoms with E-state index >= 15 is 0 Å². The minimum Gasteiger partial charge on any atom is -0.367 e. The Hall–Kier alpha value is -2.47. The average Bonchev–Trinajstić information content (AvgIpc) is 2.46. The minimum atomic E-state index is -0.262. The Morgan fingerprint density at radius 1 is 1.09 bits per heavy atom. The summed E-state index contributed by atoms with van der Waals surface area (Å²) >= 11 is 0. The van der Waals surface area contributed by atoms with Crippen LogP contribution in [-0.4, -0.2) is 48.2 Å². The molecule has 1 heterocycles. The van der Waals surface area contributed by atoms with E-state index in [1.165, 1.54) is 0 Å². The van der Waals surface area contributed by atoms with Crippen molar-refractivity contribution < 1.29 is 4.79 Å². The molecule has 0 fully saturated rings. The van der Waals surface area contributed by atoms with Crippen molar-refractivity contribution in [1.82, 2.24) is 15.1 Å². The van der Waals surface area contributed by atoms with Crippen LogP contribution < -0.4 is 10.6 Å². The summed E-state index contributed by atoms with van der Waals surface area (Å²) in [5.74, 6) is 0.400. The van der Waals surface area contributed by atoms with Crippen LogP contribution >= 0.6 is 0 Å². The van der Waals surface area contributed by atoms with E-state index in [0.717, 1.165) is 29.9 Å². The lowest BCUT2D eigenvalue weighted by Crippen LogP contribution is -2.21. The molecule has 0 spiro atoms. The number of nitrogens with zero attached hydrogens (tertiary/aromatic N) is 3. The van der Waals surface area contributed by atoms with Gasteiger partial charge in [-0.05, 0) is 63.3 Å². The Morgan fingerprint density at radius 3 is 2.35 bits per heavy atom. The summed E-state index contributed by atoms with van der Waals surface area (Å²) in [5, 5.41) is 14.0.